The largest absolute Gasteiger partial charge is 0.506 e. The van der Waals surface area contributed by atoms with E-state index in [0.717, 1.165) is 17.6 Å². The summed E-state index contributed by atoms with van der Waals surface area (Å²) in [5.74, 6) is -1.30. The zero-order valence-electron chi connectivity index (χ0n) is 11.8. The molecule has 0 bridgehead atoms. The van der Waals surface area contributed by atoms with Crippen LogP contribution in [0.25, 0.3) is 0 Å². The number of rotatable bonds is 4. The SMILES string of the molecule is CCc1nc(N)sc1C(=O)N/N=C\c1cc(Cl)c(O)c(Cl)c1O. The molecule has 0 aliphatic carbocycles. The number of anilines is 1. The van der Waals surface area contributed by atoms with Gasteiger partial charge in [-0.1, -0.05) is 41.5 Å². The number of hydrazone groups is 1. The maximum Gasteiger partial charge on any atom is 0.283 e. The Balaban J connectivity index is 2.17. The van der Waals surface area contributed by atoms with Gasteiger partial charge in [-0.05, 0) is 12.5 Å². The van der Waals surface area contributed by atoms with Gasteiger partial charge < -0.3 is 15.9 Å². The number of phenols is 2. The van der Waals surface area contributed by atoms with Gasteiger partial charge in [-0.3, -0.25) is 4.79 Å². The van der Waals surface area contributed by atoms with Crippen LogP contribution in [0.5, 0.6) is 11.5 Å². The van der Waals surface area contributed by atoms with E-state index >= 15 is 0 Å². The Morgan fingerprint density at radius 2 is 2.17 bits per heavy atom. The number of carbonyl (C=O) groups is 1. The molecule has 0 aliphatic heterocycles. The van der Waals surface area contributed by atoms with Crippen LogP contribution in [-0.2, 0) is 6.42 Å². The van der Waals surface area contributed by atoms with E-state index in [1.54, 1.807) is 0 Å². The van der Waals surface area contributed by atoms with Crippen molar-refractivity contribution >= 4 is 51.8 Å². The van der Waals surface area contributed by atoms with Crippen molar-refractivity contribution in [2.45, 2.75) is 13.3 Å². The third kappa shape index (κ3) is 3.66. The van der Waals surface area contributed by atoms with Crippen molar-refractivity contribution in [2.24, 2.45) is 5.10 Å². The quantitative estimate of drug-likeness (QED) is 0.484. The normalized spacial score (nSPS) is 11.1. The van der Waals surface area contributed by atoms with Crippen molar-refractivity contribution in [1.82, 2.24) is 10.4 Å². The topological polar surface area (TPSA) is 121 Å². The summed E-state index contributed by atoms with van der Waals surface area (Å²) >= 11 is 12.5. The lowest BCUT2D eigenvalue weighted by Crippen LogP contribution is -2.17. The summed E-state index contributed by atoms with van der Waals surface area (Å²) in [5, 5.41) is 22.9. The molecule has 7 nitrogen and oxygen atoms in total. The second-order valence-corrected chi connectivity index (χ2v) is 6.16. The molecule has 1 amide bonds. The van der Waals surface area contributed by atoms with Crippen LogP contribution in [0.2, 0.25) is 10.0 Å². The molecule has 1 aromatic carbocycles. The second-order valence-electron chi connectivity index (χ2n) is 4.34. The minimum Gasteiger partial charge on any atom is -0.506 e. The molecular weight excluding hydrogens is 363 g/mol. The first-order valence-corrected chi connectivity index (χ1v) is 7.90. The lowest BCUT2D eigenvalue weighted by Gasteiger charge is -2.05. The zero-order chi connectivity index (χ0) is 17.1. The smallest absolute Gasteiger partial charge is 0.283 e. The number of nitrogen functional groups attached to an aromatic ring is 1. The van der Waals surface area contributed by atoms with Crippen molar-refractivity contribution in [3.8, 4) is 11.5 Å². The molecule has 1 aromatic heterocycles. The first kappa shape index (κ1) is 17.3. The number of amides is 1. The molecular formula is C13H12Cl2N4O3S. The van der Waals surface area contributed by atoms with Crippen LogP contribution < -0.4 is 11.2 Å². The molecule has 10 heteroatoms. The highest BCUT2D eigenvalue weighted by molar-refractivity contribution is 7.17. The average Bonchev–Trinajstić information content (AvgIpc) is 2.91. The monoisotopic (exact) mass is 374 g/mol. The lowest BCUT2D eigenvalue weighted by molar-refractivity contribution is 0.0958. The molecule has 0 spiro atoms. The number of nitrogens with one attached hydrogen (secondary N) is 1. The Kier molecular flexibility index (Phi) is 5.30. The fourth-order valence-corrected chi connectivity index (χ4v) is 3.00. The van der Waals surface area contributed by atoms with Crippen LogP contribution in [0.4, 0.5) is 5.13 Å². The van der Waals surface area contributed by atoms with E-state index in [0.29, 0.717) is 22.1 Å². The number of nitrogens with zero attached hydrogens (tertiary/aromatic N) is 2. The fraction of sp³-hybridized carbons (Fsp3) is 0.154. The third-order valence-corrected chi connectivity index (χ3v) is 4.39. The standard InChI is InChI=1S/C13H12Cl2N4O3S/c1-2-7-11(23-13(16)18-7)12(22)19-17-4-5-3-6(14)10(21)8(15)9(5)20/h3-4,20-21H,2H2,1H3,(H2,16,18)(H,19,22)/b17-4-. The van der Waals surface area contributed by atoms with E-state index in [-0.39, 0.29) is 15.6 Å². The highest BCUT2D eigenvalue weighted by Crippen LogP contribution is 2.40. The number of aromatic hydroxyl groups is 2. The Morgan fingerprint density at radius 3 is 2.83 bits per heavy atom. The minimum atomic E-state index is -0.470. The van der Waals surface area contributed by atoms with Gasteiger partial charge in [0.05, 0.1) is 16.9 Å². The molecule has 5 N–H and O–H groups in total. The van der Waals surface area contributed by atoms with E-state index in [1.807, 2.05) is 6.92 Å². The number of carbonyl (C=O) groups excluding carboxylic acids is 1. The summed E-state index contributed by atoms with van der Waals surface area (Å²) in [4.78, 5) is 16.4. The van der Waals surface area contributed by atoms with Crippen molar-refractivity contribution in [3.63, 3.8) is 0 Å². The number of aryl methyl sites for hydroxylation is 1. The van der Waals surface area contributed by atoms with Gasteiger partial charge >= 0.3 is 0 Å². The number of aromatic nitrogens is 1. The third-order valence-electron chi connectivity index (χ3n) is 2.82. The maximum absolute atomic E-state index is 12.0. The molecule has 2 aromatic rings. The molecule has 0 fully saturated rings. The fourth-order valence-electron chi connectivity index (χ4n) is 1.71. The van der Waals surface area contributed by atoms with Gasteiger partial charge in [0.1, 0.15) is 15.6 Å². The summed E-state index contributed by atoms with van der Waals surface area (Å²) in [6.45, 7) is 1.85. The van der Waals surface area contributed by atoms with Gasteiger partial charge in [0, 0.05) is 5.56 Å². The average molecular weight is 375 g/mol. The van der Waals surface area contributed by atoms with Gasteiger partial charge in [-0.25, -0.2) is 10.4 Å². The number of phenolic OH excluding ortho intramolecular Hbond substituents is 2. The molecule has 0 saturated heterocycles. The number of halogens is 2. The summed E-state index contributed by atoms with van der Waals surface area (Å²) < 4.78 is 0. The molecule has 0 unspecified atom stereocenters. The number of benzene rings is 1. The van der Waals surface area contributed by atoms with Crippen LogP contribution in [0.15, 0.2) is 11.2 Å². The molecule has 0 radical (unpaired) electrons. The van der Waals surface area contributed by atoms with Crippen molar-refractivity contribution in [1.29, 1.82) is 0 Å². The van der Waals surface area contributed by atoms with E-state index in [4.69, 9.17) is 28.9 Å². The van der Waals surface area contributed by atoms with E-state index in [9.17, 15) is 15.0 Å². The predicted molar refractivity (Wildman–Crippen MR) is 90.8 cm³/mol. The molecule has 0 atom stereocenters. The molecule has 23 heavy (non-hydrogen) atoms. The lowest BCUT2D eigenvalue weighted by atomic mass is 10.2. The predicted octanol–water partition coefficient (Wildman–Crippen LogP) is 2.77. The minimum absolute atomic E-state index is 0.0518. The number of hydrogen-bond acceptors (Lipinski definition) is 7. The van der Waals surface area contributed by atoms with Gasteiger partial charge in [0.2, 0.25) is 0 Å². The Hall–Kier alpha value is -2.03. The molecule has 2 rings (SSSR count). The number of nitrogens with two attached hydrogens (primary N) is 1. The Morgan fingerprint density at radius 1 is 1.48 bits per heavy atom. The highest BCUT2D eigenvalue weighted by atomic mass is 35.5. The van der Waals surface area contributed by atoms with Crippen LogP contribution in [0.1, 0.15) is 27.9 Å². The Labute approximate surface area is 145 Å². The molecule has 1 heterocycles. The maximum atomic E-state index is 12.0. The number of hydrogen-bond donors (Lipinski definition) is 4. The van der Waals surface area contributed by atoms with Gasteiger partial charge in [-0.2, -0.15) is 5.10 Å². The molecule has 0 aliphatic rings. The summed E-state index contributed by atoms with van der Waals surface area (Å²) in [6.07, 6.45) is 1.71. The van der Waals surface area contributed by atoms with Crippen molar-refractivity contribution < 1.29 is 15.0 Å². The van der Waals surface area contributed by atoms with Crippen LogP contribution in [0.3, 0.4) is 0 Å². The van der Waals surface area contributed by atoms with Crippen molar-refractivity contribution in [3.05, 3.63) is 32.2 Å². The zero-order valence-corrected chi connectivity index (χ0v) is 14.1. The van der Waals surface area contributed by atoms with E-state index in [2.05, 4.69) is 15.5 Å². The van der Waals surface area contributed by atoms with Crippen molar-refractivity contribution in [2.75, 3.05) is 5.73 Å². The van der Waals surface area contributed by atoms with Gasteiger partial charge in [0.25, 0.3) is 5.91 Å². The van der Waals surface area contributed by atoms with Crippen LogP contribution in [0, 0.1) is 0 Å². The second kappa shape index (κ2) is 7.03. The Bertz CT molecular complexity index is 792. The van der Waals surface area contributed by atoms with Crippen LogP contribution >= 0.6 is 34.5 Å². The summed E-state index contributed by atoms with van der Waals surface area (Å²) in [7, 11) is 0. The van der Waals surface area contributed by atoms with Gasteiger partial charge in [0.15, 0.2) is 10.9 Å². The van der Waals surface area contributed by atoms with E-state index in [1.165, 1.54) is 6.07 Å². The first-order chi connectivity index (χ1) is 10.8. The van der Waals surface area contributed by atoms with E-state index < -0.39 is 17.4 Å². The number of thiazole rings is 1. The molecule has 122 valence electrons. The van der Waals surface area contributed by atoms with Gasteiger partial charge in [-0.15, -0.1) is 0 Å². The summed E-state index contributed by atoms with van der Waals surface area (Å²) in [6, 6.07) is 1.26. The summed E-state index contributed by atoms with van der Waals surface area (Å²) in [5.41, 5.74) is 8.60. The molecule has 0 saturated carbocycles. The highest BCUT2D eigenvalue weighted by Gasteiger charge is 2.16. The first-order valence-electron chi connectivity index (χ1n) is 6.33. The van der Waals surface area contributed by atoms with Crippen LogP contribution in [-0.4, -0.2) is 27.3 Å².